The van der Waals surface area contributed by atoms with E-state index in [2.05, 4.69) is 11.4 Å². The van der Waals surface area contributed by atoms with Crippen LogP contribution in [-0.4, -0.2) is 42.8 Å². The first kappa shape index (κ1) is 15.4. The van der Waals surface area contributed by atoms with E-state index in [1.807, 2.05) is 25.7 Å². The Morgan fingerprint density at radius 3 is 2.40 bits per heavy atom. The Labute approximate surface area is 122 Å². The molecule has 2 heterocycles. The van der Waals surface area contributed by atoms with E-state index in [-0.39, 0.29) is 6.09 Å². The minimum absolute atomic E-state index is 0.168. The van der Waals surface area contributed by atoms with Gasteiger partial charge in [0.05, 0.1) is 0 Å². The van der Waals surface area contributed by atoms with Gasteiger partial charge in [-0.3, -0.25) is 0 Å². The van der Waals surface area contributed by atoms with Gasteiger partial charge in [-0.1, -0.05) is 11.6 Å². The average molecular weight is 280 g/mol. The minimum atomic E-state index is -0.400. The summed E-state index contributed by atoms with van der Waals surface area (Å²) in [6.07, 6.45) is 6.80. The number of allylic oxidation sites excluding steroid dienone is 1. The number of carbonyl (C=O) groups excluding carboxylic acids is 1. The Hall–Kier alpha value is -1.03. The van der Waals surface area contributed by atoms with Crippen molar-refractivity contribution in [2.45, 2.75) is 52.1 Å². The smallest absolute Gasteiger partial charge is 0.410 e. The lowest BCUT2D eigenvalue weighted by molar-refractivity contribution is 0.0236. The molecule has 0 aromatic carbocycles. The topological polar surface area (TPSA) is 41.6 Å². The largest absolute Gasteiger partial charge is 0.444 e. The van der Waals surface area contributed by atoms with Crippen molar-refractivity contribution < 1.29 is 9.53 Å². The van der Waals surface area contributed by atoms with Crippen LogP contribution in [0.3, 0.4) is 0 Å². The van der Waals surface area contributed by atoms with Gasteiger partial charge in [0.25, 0.3) is 0 Å². The van der Waals surface area contributed by atoms with E-state index in [9.17, 15) is 4.79 Å². The molecule has 2 aliphatic rings. The van der Waals surface area contributed by atoms with E-state index in [0.29, 0.717) is 0 Å². The Bertz CT molecular complexity index is 355. The number of hydrogen-bond donors (Lipinski definition) is 1. The van der Waals surface area contributed by atoms with Crippen molar-refractivity contribution in [3.63, 3.8) is 0 Å². The normalized spacial score (nSPS) is 21.8. The summed E-state index contributed by atoms with van der Waals surface area (Å²) in [7, 11) is 0. The molecule has 0 aliphatic carbocycles. The third-order valence-electron chi connectivity index (χ3n) is 3.91. The number of amides is 1. The van der Waals surface area contributed by atoms with Crippen LogP contribution in [0.1, 0.15) is 46.5 Å². The summed E-state index contributed by atoms with van der Waals surface area (Å²) >= 11 is 0. The van der Waals surface area contributed by atoms with Crippen molar-refractivity contribution in [3.05, 3.63) is 11.6 Å². The van der Waals surface area contributed by atoms with Crippen molar-refractivity contribution in [3.8, 4) is 0 Å². The molecule has 1 amide bonds. The highest BCUT2D eigenvalue weighted by atomic mass is 16.6. The summed E-state index contributed by atoms with van der Waals surface area (Å²) in [5.41, 5.74) is 1.12. The van der Waals surface area contributed by atoms with Crippen LogP contribution >= 0.6 is 0 Å². The van der Waals surface area contributed by atoms with Gasteiger partial charge < -0.3 is 15.0 Å². The van der Waals surface area contributed by atoms with Crippen LogP contribution < -0.4 is 5.32 Å². The number of rotatable bonds is 1. The molecule has 4 heteroatoms. The number of likely N-dealkylation sites (tertiary alicyclic amines) is 1. The van der Waals surface area contributed by atoms with E-state index in [1.165, 1.54) is 18.4 Å². The lowest BCUT2D eigenvalue weighted by Crippen LogP contribution is -2.40. The van der Waals surface area contributed by atoms with Crippen LogP contribution in [0, 0.1) is 5.92 Å². The van der Waals surface area contributed by atoms with E-state index < -0.39 is 5.60 Å². The van der Waals surface area contributed by atoms with Crippen LogP contribution in [0.2, 0.25) is 0 Å². The SMILES string of the molecule is CC(C)(C)OC(=O)N1CCC(=CC2CCNCC2)CC1. The highest BCUT2D eigenvalue weighted by Crippen LogP contribution is 2.23. The van der Waals surface area contributed by atoms with Crippen molar-refractivity contribution in [1.82, 2.24) is 10.2 Å². The fourth-order valence-corrected chi connectivity index (χ4v) is 2.81. The second-order valence-corrected chi connectivity index (χ2v) is 6.88. The van der Waals surface area contributed by atoms with Gasteiger partial charge in [0.2, 0.25) is 0 Å². The van der Waals surface area contributed by atoms with Gasteiger partial charge in [0, 0.05) is 13.1 Å². The molecule has 0 aromatic heterocycles. The molecule has 0 spiro atoms. The van der Waals surface area contributed by atoms with Crippen LogP contribution in [0.4, 0.5) is 4.79 Å². The lowest BCUT2D eigenvalue weighted by Gasteiger charge is -2.31. The molecule has 20 heavy (non-hydrogen) atoms. The van der Waals surface area contributed by atoms with Gasteiger partial charge in [-0.05, 0) is 65.5 Å². The maximum Gasteiger partial charge on any atom is 0.410 e. The van der Waals surface area contributed by atoms with E-state index >= 15 is 0 Å². The highest BCUT2D eigenvalue weighted by Gasteiger charge is 2.25. The molecule has 4 nitrogen and oxygen atoms in total. The Morgan fingerprint density at radius 1 is 1.25 bits per heavy atom. The molecule has 0 bridgehead atoms. The molecule has 0 radical (unpaired) electrons. The van der Waals surface area contributed by atoms with Gasteiger partial charge >= 0.3 is 6.09 Å². The predicted molar refractivity (Wildman–Crippen MR) is 80.7 cm³/mol. The molecule has 1 N–H and O–H groups in total. The molecular formula is C16H28N2O2. The van der Waals surface area contributed by atoms with Crippen molar-refractivity contribution in [1.29, 1.82) is 0 Å². The second kappa shape index (κ2) is 6.61. The standard InChI is InChI=1S/C16H28N2O2/c1-16(2,3)20-15(19)18-10-6-14(7-11-18)12-13-4-8-17-9-5-13/h12-13,17H,4-11H2,1-3H3. The molecule has 2 saturated heterocycles. The van der Waals surface area contributed by atoms with Crippen LogP contribution in [-0.2, 0) is 4.74 Å². The van der Waals surface area contributed by atoms with Gasteiger partial charge in [-0.2, -0.15) is 0 Å². The predicted octanol–water partition coefficient (Wildman–Crippen LogP) is 2.94. The van der Waals surface area contributed by atoms with Gasteiger partial charge in [0.15, 0.2) is 0 Å². The average Bonchev–Trinajstić information content (AvgIpc) is 2.39. The first-order chi connectivity index (χ1) is 9.44. The zero-order valence-corrected chi connectivity index (χ0v) is 13.1. The molecule has 0 unspecified atom stereocenters. The first-order valence-electron chi connectivity index (χ1n) is 7.82. The zero-order chi connectivity index (χ0) is 14.6. The Morgan fingerprint density at radius 2 is 1.85 bits per heavy atom. The number of piperidine rings is 2. The Kier molecular flexibility index (Phi) is 5.08. The Balaban J connectivity index is 1.79. The maximum atomic E-state index is 12.0. The number of nitrogens with zero attached hydrogens (tertiary/aromatic N) is 1. The van der Waals surface area contributed by atoms with E-state index in [0.717, 1.165) is 44.9 Å². The molecule has 0 atom stereocenters. The first-order valence-corrected chi connectivity index (χ1v) is 7.82. The number of hydrogen-bond acceptors (Lipinski definition) is 3. The number of carbonyl (C=O) groups is 1. The summed E-state index contributed by atoms with van der Waals surface area (Å²) in [4.78, 5) is 13.8. The van der Waals surface area contributed by atoms with Crippen molar-refractivity contribution >= 4 is 6.09 Å². The molecular weight excluding hydrogens is 252 g/mol. The van der Waals surface area contributed by atoms with Gasteiger partial charge in [-0.25, -0.2) is 4.79 Å². The summed E-state index contributed by atoms with van der Waals surface area (Å²) in [5.74, 6) is 0.735. The lowest BCUT2D eigenvalue weighted by atomic mass is 9.92. The number of nitrogens with one attached hydrogen (secondary N) is 1. The maximum absolute atomic E-state index is 12.0. The molecule has 2 fully saturated rings. The van der Waals surface area contributed by atoms with Crippen LogP contribution in [0.15, 0.2) is 11.6 Å². The molecule has 0 aromatic rings. The van der Waals surface area contributed by atoms with E-state index in [1.54, 1.807) is 0 Å². The summed E-state index contributed by atoms with van der Waals surface area (Å²) in [6, 6.07) is 0. The number of ether oxygens (including phenoxy) is 1. The fraction of sp³-hybridized carbons (Fsp3) is 0.812. The summed E-state index contributed by atoms with van der Waals surface area (Å²) in [5, 5.41) is 3.40. The third kappa shape index (κ3) is 4.82. The quantitative estimate of drug-likeness (QED) is 0.751. The van der Waals surface area contributed by atoms with E-state index in [4.69, 9.17) is 4.74 Å². The fourth-order valence-electron chi connectivity index (χ4n) is 2.81. The monoisotopic (exact) mass is 280 g/mol. The highest BCUT2D eigenvalue weighted by molar-refractivity contribution is 5.68. The van der Waals surface area contributed by atoms with Crippen LogP contribution in [0.25, 0.3) is 0 Å². The minimum Gasteiger partial charge on any atom is -0.444 e. The summed E-state index contributed by atoms with van der Waals surface area (Å²) in [6.45, 7) is 9.61. The van der Waals surface area contributed by atoms with Gasteiger partial charge in [0.1, 0.15) is 5.60 Å². The summed E-state index contributed by atoms with van der Waals surface area (Å²) < 4.78 is 5.42. The molecule has 2 rings (SSSR count). The molecule has 0 saturated carbocycles. The zero-order valence-electron chi connectivity index (χ0n) is 13.1. The second-order valence-electron chi connectivity index (χ2n) is 6.88. The molecule has 2 aliphatic heterocycles. The van der Waals surface area contributed by atoms with Crippen LogP contribution in [0.5, 0.6) is 0 Å². The van der Waals surface area contributed by atoms with Crippen molar-refractivity contribution in [2.75, 3.05) is 26.2 Å². The molecule has 114 valence electrons. The van der Waals surface area contributed by atoms with Gasteiger partial charge in [-0.15, -0.1) is 0 Å². The third-order valence-corrected chi connectivity index (χ3v) is 3.91. The van der Waals surface area contributed by atoms with Crippen molar-refractivity contribution in [2.24, 2.45) is 5.92 Å².